The number of aliphatic hydroxyl groups excluding tert-OH is 1. The van der Waals surface area contributed by atoms with Crippen molar-refractivity contribution in [3.8, 4) is 5.69 Å². The summed E-state index contributed by atoms with van der Waals surface area (Å²) in [5.74, 6) is 0.612. The van der Waals surface area contributed by atoms with E-state index in [1.807, 2.05) is 48.5 Å². The number of rotatable bonds is 3. The second kappa shape index (κ2) is 6.09. The van der Waals surface area contributed by atoms with E-state index in [1.165, 1.54) is 0 Å². The number of aliphatic hydroxyl groups is 1. The van der Waals surface area contributed by atoms with Crippen molar-refractivity contribution in [2.45, 2.75) is 18.9 Å². The van der Waals surface area contributed by atoms with E-state index in [0.717, 1.165) is 25.1 Å². The van der Waals surface area contributed by atoms with Crippen molar-refractivity contribution < 1.29 is 5.11 Å². The summed E-state index contributed by atoms with van der Waals surface area (Å²) < 4.78 is 1.66. The Balaban J connectivity index is 2.02. The minimum Gasteiger partial charge on any atom is -0.394 e. The van der Waals surface area contributed by atoms with E-state index in [2.05, 4.69) is 4.90 Å². The largest absolute Gasteiger partial charge is 0.394 e. The van der Waals surface area contributed by atoms with E-state index in [-0.39, 0.29) is 18.2 Å². The maximum atomic E-state index is 13.1. The normalized spacial score (nSPS) is 17.5. The van der Waals surface area contributed by atoms with E-state index in [0.29, 0.717) is 16.9 Å². The van der Waals surface area contributed by atoms with Gasteiger partial charge in [0.1, 0.15) is 0 Å². The maximum Gasteiger partial charge on any atom is 0.267 e. The number of hydrogen-bond acceptors (Lipinski definition) is 4. The molecule has 1 atom stereocenters. The van der Waals surface area contributed by atoms with Gasteiger partial charge in [-0.15, -0.1) is 0 Å². The summed E-state index contributed by atoms with van der Waals surface area (Å²) in [5.41, 5.74) is 1.40. The fourth-order valence-corrected chi connectivity index (χ4v) is 3.41. The zero-order chi connectivity index (χ0) is 16.5. The van der Waals surface area contributed by atoms with Crippen molar-refractivity contribution in [1.29, 1.82) is 0 Å². The minimum absolute atomic E-state index is 0.00743. The standard InChI is InChI=1S/C19H19N3O2/c23-13-15-9-6-12-21(15)19-20-17-11-5-4-10-16(17)18(24)22(19)14-7-2-1-3-8-14/h1-5,7-8,10-11,15,23H,6,9,12-13H2/t15-/m0/s1. The highest BCUT2D eigenvalue weighted by Gasteiger charge is 2.28. The van der Waals surface area contributed by atoms with Gasteiger partial charge in [-0.1, -0.05) is 30.3 Å². The average Bonchev–Trinajstić information content (AvgIpc) is 3.11. The van der Waals surface area contributed by atoms with Crippen LogP contribution in [0.15, 0.2) is 59.4 Å². The van der Waals surface area contributed by atoms with Gasteiger partial charge >= 0.3 is 0 Å². The monoisotopic (exact) mass is 321 g/mol. The fourth-order valence-electron chi connectivity index (χ4n) is 3.41. The third-order valence-electron chi connectivity index (χ3n) is 4.62. The first-order valence-corrected chi connectivity index (χ1v) is 8.24. The highest BCUT2D eigenvalue weighted by Crippen LogP contribution is 2.26. The van der Waals surface area contributed by atoms with Crippen molar-refractivity contribution in [2.24, 2.45) is 0 Å². The lowest BCUT2D eigenvalue weighted by Crippen LogP contribution is -2.37. The van der Waals surface area contributed by atoms with Crippen LogP contribution in [0.2, 0.25) is 0 Å². The molecule has 1 aliphatic heterocycles. The Bertz CT molecular complexity index is 921. The smallest absolute Gasteiger partial charge is 0.267 e. The summed E-state index contributed by atoms with van der Waals surface area (Å²) in [5, 5.41) is 10.3. The number of para-hydroxylation sites is 2. The minimum atomic E-state index is -0.0783. The van der Waals surface area contributed by atoms with Crippen LogP contribution in [0.3, 0.4) is 0 Å². The predicted octanol–water partition coefficient (Wildman–Crippen LogP) is 2.35. The van der Waals surface area contributed by atoms with E-state index < -0.39 is 0 Å². The first-order chi connectivity index (χ1) is 11.8. The van der Waals surface area contributed by atoms with E-state index in [9.17, 15) is 9.90 Å². The van der Waals surface area contributed by atoms with Crippen LogP contribution in [-0.4, -0.2) is 33.9 Å². The molecule has 0 radical (unpaired) electrons. The van der Waals surface area contributed by atoms with Crippen molar-refractivity contribution in [3.05, 3.63) is 65.0 Å². The summed E-state index contributed by atoms with van der Waals surface area (Å²) in [4.78, 5) is 20.0. The summed E-state index contributed by atoms with van der Waals surface area (Å²) >= 11 is 0. The van der Waals surface area contributed by atoms with Crippen LogP contribution in [0.1, 0.15) is 12.8 Å². The number of aromatic nitrogens is 2. The van der Waals surface area contributed by atoms with E-state index in [1.54, 1.807) is 10.6 Å². The number of fused-ring (bicyclic) bond motifs is 1. The van der Waals surface area contributed by atoms with Crippen LogP contribution in [-0.2, 0) is 0 Å². The van der Waals surface area contributed by atoms with Crippen molar-refractivity contribution in [1.82, 2.24) is 9.55 Å². The van der Waals surface area contributed by atoms with Crippen LogP contribution < -0.4 is 10.5 Å². The van der Waals surface area contributed by atoms with Gasteiger partial charge in [0, 0.05) is 6.54 Å². The van der Waals surface area contributed by atoms with Gasteiger partial charge in [0.15, 0.2) is 0 Å². The topological polar surface area (TPSA) is 58.4 Å². The van der Waals surface area contributed by atoms with Crippen LogP contribution in [0, 0.1) is 0 Å². The van der Waals surface area contributed by atoms with Gasteiger partial charge in [-0.25, -0.2) is 9.55 Å². The Morgan fingerprint density at radius 1 is 1.08 bits per heavy atom. The lowest BCUT2D eigenvalue weighted by atomic mass is 10.2. The molecule has 0 saturated carbocycles. The Morgan fingerprint density at radius 3 is 2.62 bits per heavy atom. The zero-order valence-electron chi connectivity index (χ0n) is 13.3. The van der Waals surface area contributed by atoms with Crippen LogP contribution in [0.4, 0.5) is 5.95 Å². The average molecular weight is 321 g/mol. The SMILES string of the molecule is O=c1c2ccccc2nc(N2CCC[C@H]2CO)n1-c1ccccc1. The molecule has 5 heteroatoms. The number of anilines is 1. The van der Waals surface area contributed by atoms with Gasteiger partial charge in [-0.2, -0.15) is 0 Å². The highest BCUT2D eigenvalue weighted by atomic mass is 16.3. The summed E-state index contributed by atoms with van der Waals surface area (Å²) in [7, 11) is 0. The van der Waals surface area contributed by atoms with Gasteiger partial charge in [-0.05, 0) is 37.1 Å². The molecule has 1 aromatic heterocycles. The number of hydrogen-bond donors (Lipinski definition) is 1. The molecule has 2 heterocycles. The molecule has 1 saturated heterocycles. The van der Waals surface area contributed by atoms with Crippen LogP contribution in [0.25, 0.3) is 16.6 Å². The van der Waals surface area contributed by atoms with Crippen molar-refractivity contribution in [2.75, 3.05) is 18.1 Å². The molecule has 5 nitrogen and oxygen atoms in total. The molecular formula is C19H19N3O2. The first-order valence-electron chi connectivity index (χ1n) is 8.24. The van der Waals surface area contributed by atoms with Gasteiger partial charge < -0.3 is 10.0 Å². The zero-order valence-corrected chi connectivity index (χ0v) is 13.3. The second-order valence-electron chi connectivity index (χ2n) is 6.08. The Morgan fingerprint density at radius 2 is 1.83 bits per heavy atom. The first kappa shape index (κ1) is 14.9. The number of nitrogens with zero attached hydrogens (tertiary/aromatic N) is 3. The van der Waals surface area contributed by atoms with Gasteiger partial charge in [-0.3, -0.25) is 4.79 Å². The van der Waals surface area contributed by atoms with Crippen LogP contribution >= 0.6 is 0 Å². The van der Waals surface area contributed by atoms with Crippen LogP contribution in [0.5, 0.6) is 0 Å². The molecular weight excluding hydrogens is 302 g/mol. The molecule has 0 bridgehead atoms. The number of benzene rings is 2. The van der Waals surface area contributed by atoms with Crippen molar-refractivity contribution >= 4 is 16.9 Å². The molecule has 122 valence electrons. The van der Waals surface area contributed by atoms with E-state index >= 15 is 0 Å². The van der Waals surface area contributed by atoms with Gasteiger partial charge in [0.05, 0.1) is 29.2 Å². The molecule has 0 unspecified atom stereocenters. The molecule has 1 N–H and O–H groups in total. The molecule has 24 heavy (non-hydrogen) atoms. The predicted molar refractivity (Wildman–Crippen MR) is 94.8 cm³/mol. The Kier molecular flexibility index (Phi) is 3.78. The molecule has 0 aliphatic carbocycles. The quantitative estimate of drug-likeness (QED) is 0.804. The highest BCUT2D eigenvalue weighted by molar-refractivity contribution is 5.79. The lowest BCUT2D eigenvalue weighted by molar-refractivity contribution is 0.265. The lowest BCUT2D eigenvalue weighted by Gasteiger charge is -2.27. The third kappa shape index (κ3) is 2.37. The third-order valence-corrected chi connectivity index (χ3v) is 4.62. The molecule has 4 rings (SSSR count). The summed E-state index contributed by atoms with van der Waals surface area (Å²) in [6.45, 7) is 0.861. The van der Waals surface area contributed by atoms with Gasteiger partial charge in [0.25, 0.3) is 5.56 Å². The molecule has 2 aromatic carbocycles. The molecule has 3 aromatic rings. The molecule has 1 fully saturated rings. The Hall–Kier alpha value is -2.66. The summed E-state index contributed by atoms with van der Waals surface area (Å²) in [6.07, 6.45) is 1.90. The van der Waals surface area contributed by atoms with Gasteiger partial charge in [0.2, 0.25) is 5.95 Å². The van der Waals surface area contributed by atoms with Crippen molar-refractivity contribution in [3.63, 3.8) is 0 Å². The molecule has 1 aliphatic rings. The fraction of sp³-hybridized carbons (Fsp3) is 0.263. The second-order valence-corrected chi connectivity index (χ2v) is 6.08. The molecule has 0 spiro atoms. The molecule has 0 amide bonds. The summed E-state index contributed by atoms with van der Waals surface area (Å²) in [6, 6.07) is 17.0. The van der Waals surface area contributed by atoms with E-state index in [4.69, 9.17) is 4.98 Å². The Labute approximate surface area is 139 Å². The maximum absolute atomic E-state index is 13.1.